The van der Waals surface area contributed by atoms with Crippen molar-refractivity contribution in [3.63, 3.8) is 0 Å². The molecule has 2 N–H and O–H groups in total. The largest absolute Gasteiger partial charge is 0.502 e. The summed E-state index contributed by atoms with van der Waals surface area (Å²) in [6, 6.07) is 3.18. The molecule has 0 spiro atoms. The molecule has 1 aromatic rings. The van der Waals surface area contributed by atoms with Gasteiger partial charge in [-0.05, 0) is 17.7 Å². The monoisotopic (exact) mass is 289 g/mol. The first kappa shape index (κ1) is 15.2. The van der Waals surface area contributed by atoms with Crippen molar-refractivity contribution in [1.82, 2.24) is 5.32 Å². The summed E-state index contributed by atoms with van der Waals surface area (Å²) in [6.07, 6.45) is 0.209. The third kappa shape index (κ3) is 3.14. The Balaban J connectivity index is 0.00000180. The van der Waals surface area contributed by atoms with E-state index in [4.69, 9.17) is 14.2 Å². The fraction of sp³-hybridized carbons (Fsp3) is 0.417. The van der Waals surface area contributed by atoms with Crippen LogP contribution in [0.5, 0.6) is 17.2 Å². The van der Waals surface area contributed by atoms with E-state index < -0.39 is 6.09 Å². The topological polar surface area (TPSA) is 77.0 Å². The lowest BCUT2D eigenvalue weighted by atomic mass is 10.0. The van der Waals surface area contributed by atoms with Gasteiger partial charge >= 0.3 is 6.09 Å². The highest BCUT2D eigenvalue weighted by atomic mass is 35.5. The summed E-state index contributed by atoms with van der Waals surface area (Å²) >= 11 is 0. The van der Waals surface area contributed by atoms with Gasteiger partial charge in [0, 0.05) is 6.42 Å². The van der Waals surface area contributed by atoms with Crippen LogP contribution in [-0.2, 0) is 4.74 Å². The van der Waals surface area contributed by atoms with E-state index in [1.165, 1.54) is 14.2 Å². The molecule has 19 heavy (non-hydrogen) atoms. The molecule has 6 nitrogen and oxygen atoms in total. The van der Waals surface area contributed by atoms with Crippen molar-refractivity contribution in [1.29, 1.82) is 0 Å². The number of cyclic esters (lactones) is 1. The summed E-state index contributed by atoms with van der Waals surface area (Å²) in [5.74, 6) is 0.567. The molecule has 1 aliphatic rings. The summed E-state index contributed by atoms with van der Waals surface area (Å²) in [6.45, 7) is 0.363. The van der Waals surface area contributed by atoms with Gasteiger partial charge < -0.3 is 24.6 Å². The maximum atomic E-state index is 11.2. The molecular weight excluding hydrogens is 274 g/mol. The fourth-order valence-corrected chi connectivity index (χ4v) is 1.89. The van der Waals surface area contributed by atoms with Crippen LogP contribution in [0, 0.1) is 0 Å². The standard InChI is InChI=1S/C12H15NO5.ClH/c1-16-9-5-7(6-10(17-2)11(9)14)8-3-4-18-12(15)13-8;/h5-6,8,14H,3-4H2,1-2H3,(H,13,15);1H/t8-;/m0./s1. The van der Waals surface area contributed by atoms with Crippen LogP contribution in [0.1, 0.15) is 18.0 Å². The van der Waals surface area contributed by atoms with Crippen LogP contribution < -0.4 is 14.8 Å². The second-order valence-electron chi connectivity index (χ2n) is 3.90. The number of carbonyl (C=O) groups is 1. The minimum atomic E-state index is -0.447. The molecule has 106 valence electrons. The van der Waals surface area contributed by atoms with E-state index in [2.05, 4.69) is 5.32 Å². The van der Waals surface area contributed by atoms with Gasteiger partial charge in [-0.25, -0.2) is 4.79 Å². The molecule has 1 fully saturated rings. The highest BCUT2D eigenvalue weighted by Crippen LogP contribution is 2.39. The number of ether oxygens (including phenoxy) is 3. The van der Waals surface area contributed by atoms with Gasteiger partial charge in [0.05, 0.1) is 26.9 Å². The number of hydrogen-bond acceptors (Lipinski definition) is 5. The van der Waals surface area contributed by atoms with Gasteiger partial charge in [-0.15, -0.1) is 12.4 Å². The Morgan fingerprint density at radius 2 is 1.89 bits per heavy atom. The molecule has 0 aliphatic carbocycles. The summed E-state index contributed by atoms with van der Waals surface area (Å²) in [5, 5.41) is 12.5. The molecular formula is C12H16ClNO5. The number of nitrogens with one attached hydrogen (secondary N) is 1. The van der Waals surface area contributed by atoms with Gasteiger partial charge in [-0.2, -0.15) is 0 Å². The minimum Gasteiger partial charge on any atom is -0.502 e. The Kier molecular flexibility index (Phi) is 5.11. The van der Waals surface area contributed by atoms with Gasteiger partial charge in [0.25, 0.3) is 0 Å². The molecule has 0 unspecified atom stereocenters. The van der Waals surface area contributed by atoms with Crippen molar-refractivity contribution >= 4 is 18.5 Å². The van der Waals surface area contributed by atoms with E-state index in [-0.39, 0.29) is 24.2 Å². The highest BCUT2D eigenvalue weighted by Gasteiger charge is 2.23. The Bertz CT molecular complexity index is 440. The Morgan fingerprint density at radius 3 is 2.37 bits per heavy atom. The third-order valence-corrected chi connectivity index (χ3v) is 2.84. The molecule has 1 atom stereocenters. The summed E-state index contributed by atoms with van der Waals surface area (Å²) in [4.78, 5) is 11.2. The Morgan fingerprint density at radius 1 is 1.32 bits per heavy atom. The number of amides is 1. The van der Waals surface area contributed by atoms with Crippen LogP contribution in [0.15, 0.2) is 12.1 Å². The average molecular weight is 290 g/mol. The van der Waals surface area contributed by atoms with E-state index in [0.717, 1.165) is 5.56 Å². The number of hydrogen-bond donors (Lipinski definition) is 2. The summed E-state index contributed by atoms with van der Waals surface area (Å²) in [7, 11) is 2.92. The number of phenols is 1. The second-order valence-corrected chi connectivity index (χ2v) is 3.90. The second kappa shape index (κ2) is 6.38. The van der Waals surface area contributed by atoms with Crippen LogP contribution in [0.3, 0.4) is 0 Å². The fourth-order valence-electron chi connectivity index (χ4n) is 1.89. The number of methoxy groups -OCH3 is 2. The quantitative estimate of drug-likeness (QED) is 0.890. The van der Waals surface area contributed by atoms with E-state index >= 15 is 0 Å². The molecule has 0 bridgehead atoms. The molecule has 2 rings (SSSR count). The van der Waals surface area contributed by atoms with Crippen molar-refractivity contribution in [3.8, 4) is 17.2 Å². The number of benzene rings is 1. The van der Waals surface area contributed by atoms with Gasteiger partial charge in [-0.1, -0.05) is 0 Å². The zero-order valence-electron chi connectivity index (χ0n) is 10.6. The maximum Gasteiger partial charge on any atom is 0.407 e. The van der Waals surface area contributed by atoms with Crippen LogP contribution in [0.4, 0.5) is 4.79 Å². The lowest BCUT2D eigenvalue weighted by Crippen LogP contribution is -2.35. The van der Waals surface area contributed by atoms with Gasteiger partial charge in [0.15, 0.2) is 11.5 Å². The number of alkyl carbamates (subject to hydrolysis) is 1. The number of halogens is 1. The van der Waals surface area contributed by atoms with E-state index in [1.807, 2.05) is 0 Å². The zero-order valence-corrected chi connectivity index (χ0v) is 11.5. The molecule has 1 aromatic carbocycles. The zero-order chi connectivity index (χ0) is 13.1. The number of aromatic hydroxyl groups is 1. The molecule has 0 aromatic heterocycles. The molecule has 1 aliphatic heterocycles. The minimum absolute atomic E-state index is 0. The lowest BCUT2D eigenvalue weighted by Gasteiger charge is -2.24. The van der Waals surface area contributed by atoms with Gasteiger partial charge in [0.2, 0.25) is 5.75 Å². The van der Waals surface area contributed by atoms with Crippen molar-refractivity contribution in [2.45, 2.75) is 12.5 Å². The molecule has 1 heterocycles. The molecule has 0 radical (unpaired) electrons. The third-order valence-electron chi connectivity index (χ3n) is 2.84. The lowest BCUT2D eigenvalue weighted by molar-refractivity contribution is 0.115. The predicted octanol–water partition coefficient (Wildman–Crippen LogP) is 2.00. The predicted molar refractivity (Wildman–Crippen MR) is 70.3 cm³/mol. The first-order valence-electron chi connectivity index (χ1n) is 5.54. The molecule has 1 saturated heterocycles. The Labute approximate surface area is 117 Å². The molecule has 1 amide bonds. The normalized spacial score (nSPS) is 17.8. The van der Waals surface area contributed by atoms with Crippen molar-refractivity contribution in [2.75, 3.05) is 20.8 Å². The van der Waals surface area contributed by atoms with Crippen LogP contribution in [0.25, 0.3) is 0 Å². The SMILES string of the molecule is COc1cc([C@@H]2CCOC(=O)N2)cc(OC)c1O.Cl. The first-order chi connectivity index (χ1) is 8.65. The smallest absolute Gasteiger partial charge is 0.407 e. The van der Waals surface area contributed by atoms with Crippen LogP contribution in [0.2, 0.25) is 0 Å². The van der Waals surface area contributed by atoms with Gasteiger partial charge in [0.1, 0.15) is 0 Å². The van der Waals surface area contributed by atoms with Crippen molar-refractivity contribution < 1.29 is 24.1 Å². The van der Waals surface area contributed by atoms with E-state index in [9.17, 15) is 9.90 Å². The number of rotatable bonds is 3. The summed E-state index contributed by atoms with van der Waals surface area (Å²) < 4.78 is 14.9. The van der Waals surface area contributed by atoms with Gasteiger partial charge in [-0.3, -0.25) is 0 Å². The van der Waals surface area contributed by atoms with Crippen LogP contribution >= 0.6 is 12.4 Å². The number of phenolic OH excluding ortho intramolecular Hbond substituents is 1. The summed E-state index contributed by atoms with van der Waals surface area (Å²) in [5.41, 5.74) is 0.804. The Hall–Kier alpha value is -1.82. The van der Waals surface area contributed by atoms with Crippen molar-refractivity contribution in [2.24, 2.45) is 0 Å². The van der Waals surface area contributed by atoms with E-state index in [1.54, 1.807) is 12.1 Å². The molecule has 7 heteroatoms. The highest BCUT2D eigenvalue weighted by molar-refractivity contribution is 5.85. The molecule has 0 saturated carbocycles. The number of carbonyl (C=O) groups excluding carboxylic acids is 1. The average Bonchev–Trinajstić information content (AvgIpc) is 2.39. The van der Waals surface area contributed by atoms with E-state index in [0.29, 0.717) is 24.5 Å². The first-order valence-corrected chi connectivity index (χ1v) is 5.54. The van der Waals surface area contributed by atoms with Crippen molar-refractivity contribution in [3.05, 3.63) is 17.7 Å². The van der Waals surface area contributed by atoms with Crippen LogP contribution in [-0.4, -0.2) is 32.0 Å². The maximum absolute atomic E-state index is 11.2.